The molecule has 2 saturated heterocycles. The van der Waals surface area contributed by atoms with E-state index >= 15 is 0 Å². The molecule has 0 spiro atoms. The summed E-state index contributed by atoms with van der Waals surface area (Å²) in [5, 5.41) is 7.73. The molecule has 6 rings (SSSR count). The number of rotatable bonds is 7. The van der Waals surface area contributed by atoms with E-state index in [1.807, 2.05) is 0 Å². The van der Waals surface area contributed by atoms with Crippen molar-refractivity contribution in [2.24, 2.45) is 5.92 Å². The second-order valence-electron chi connectivity index (χ2n) is 10.3. The molecule has 2 aliphatic rings. The van der Waals surface area contributed by atoms with Gasteiger partial charge in [0.2, 0.25) is 11.8 Å². The first-order chi connectivity index (χ1) is 19.9. The highest BCUT2D eigenvalue weighted by atomic mass is 35.5. The summed E-state index contributed by atoms with van der Waals surface area (Å²) in [6.07, 6.45) is 5.31. The number of benzene rings is 1. The lowest BCUT2D eigenvalue weighted by molar-refractivity contribution is -0.126. The van der Waals surface area contributed by atoms with E-state index in [-0.39, 0.29) is 34.7 Å². The molecule has 2 atom stereocenters. The van der Waals surface area contributed by atoms with Crippen molar-refractivity contribution >= 4 is 45.1 Å². The highest BCUT2D eigenvalue weighted by Crippen LogP contribution is 2.40. The van der Waals surface area contributed by atoms with Gasteiger partial charge in [0, 0.05) is 57.4 Å². The van der Waals surface area contributed by atoms with E-state index in [1.165, 1.54) is 18.3 Å². The number of hydrogen-bond donors (Lipinski definition) is 1. The van der Waals surface area contributed by atoms with E-state index in [0.29, 0.717) is 59.7 Å². The molecule has 2 fully saturated rings. The molecule has 1 N–H and O–H groups in total. The van der Waals surface area contributed by atoms with Crippen molar-refractivity contribution in [3.05, 3.63) is 48.0 Å². The molecule has 0 bridgehead atoms. The number of ether oxygens (including phenoxy) is 2. The monoisotopic (exact) mass is 580 g/mol. The smallest absolute Gasteiger partial charge is 0.319 e. The Kier molecular flexibility index (Phi) is 7.35. The van der Waals surface area contributed by atoms with Crippen molar-refractivity contribution in [2.75, 3.05) is 51.2 Å². The molecule has 41 heavy (non-hydrogen) atoms. The Morgan fingerprint density at radius 2 is 2.05 bits per heavy atom. The number of nitrogens with one attached hydrogen (secondary N) is 1. The number of H-pyrrole nitrogens is 1. The van der Waals surface area contributed by atoms with Gasteiger partial charge < -0.3 is 24.2 Å². The van der Waals surface area contributed by atoms with Gasteiger partial charge in [0.15, 0.2) is 5.75 Å². The zero-order valence-electron chi connectivity index (χ0n) is 22.8. The first-order valence-electron chi connectivity index (χ1n) is 13.5. The first-order valence-corrected chi connectivity index (χ1v) is 13.9. The zero-order chi connectivity index (χ0) is 28.7. The van der Waals surface area contributed by atoms with Crippen LogP contribution >= 0.6 is 11.6 Å². The van der Waals surface area contributed by atoms with Crippen LogP contribution in [0.5, 0.6) is 17.6 Å². The van der Waals surface area contributed by atoms with E-state index in [4.69, 9.17) is 31.0 Å². The Labute approximate surface area is 240 Å². The largest absolute Gasteiger partial charge is 0.458 e. The normalized spacial score (nSPS) is 19.7. The van der Waals surface area contributed by atoms with Crippen molar-refractivity contribution in [2.45, 2.75) is 19.4 Å². The van der Waals surface area contributed by atoms with Gasteiger partial charge in [-0.25, -0.2) is 9.37 Å². The predicted molar refractivity (Wildman–Crippen MR) is 153 cm³/mol. The predicted octanol–water partition coefficient (Wildman–Crippen LogP) is 4.04. The summed E-state index contributed by atoms with van der Waals surface area (Å²) in [5.74, 6) is 0.429. The average molecular weight is 581 g/mol. The maximum Gasteiger partial charge on any atom is 0.319 e. The third kappa shape index (κ3) is 5.13. The number of aromatic amines is 1. The number of pyridine rings is 1. The molecular weight excluding hydrogens is 551 g/mol. The first kappa shape index (κ1) is 27.2. The molecule has 3 aromatic heterocycles. The maximum absolute atomic E-state index is 14.6. The molecule has 1 amide bonds. The van der Waals surface area contributed by atoms with Gasteiger partial charge in [-0.1, -0.05) is 25.1 Å². The minimum Gasteiger partial charge on any atom is -0.458 e. The summed E-state index contributed by atoms with van der Waals surface area (Å²) in [5.41, 5.74) is 0.831. The molecule has 5 heterocycles. The fourth-order valence-electron chi connectivity index (χ4n) is 5.54. The molecule has 1 unspecified atom stereocenters. The second-order valence-corrected chi connectivity index (χ2v) is 10.7. The minimum absolute atomic E-state index is 0.0815. The standard InChI is InChI=1S/C28H30ClFN8O3/c1-4-16-14-36(3)15-21(16)40-28-33-24-17(26(34-28)38-10-8-37(9-11-38)22(39)5-2)6-7-31-27(24)41-25-18-13-32-35-20(18)12-19(30)23(25)29/h5-7,12-13,16,21H,2,4,8-11,14-15H2,1,3H3,(H,32,35)/t16?,21-/m1/s1. The van der Waals surface area contributed by atoms with Crippen LogP contribution in [0.1, 0.15) is 13.3 Å². The number of fused-ring (bicyclic) bond motifs is 2. The van der Waals surface area contributed by atoms with Crippen LogP contribution in [-0.2, 0) is 4.79 Å². The summed E-state index contributed by atoms with van der Waals surface area (Å²) in [6.45, 7) is 9.57. The van der Waals surface area contributed by atoms with E-state index in [1.54, 1.807) is 17.2 Å². The Hall–Kier alpha value is -4.03. The van der Waals surface area contributed by atoms with Crippen LogP contribution < -0.4 is 14.4 Å². The number of amides is 1. The van der Waals surface area contributed by atoms with Crippen LogP contribution in [0.3, 0.4) is 0 Å². The number of likely N-dealkylation sites (N-methyl/N-ethyl adjacent to an activating group) is 1. The molecule has 0 aliphatic carbocycles. The molecule has 11 nitrogen and oxygen atoms in total. The summed E-state index contributed by atoms with van der Waals surface area (Å²) >= 11 is 6.35. The van der Waals surface area contributed by atoms with Crippen molar-refractivity contribution in [1.82, 2.24) is 34.9 Å². The summed E-state index contributed by atoms with van der Waals surface area (Å²) in [7, 11) is 2.07. The van der Waals surface area contributed by atoms with Gasteiger partial charge in [-0.15, -0.1) is 0 Å². The second kappa shape index (κ2) is 11.1. The van der Waals surface area contributed by atoms with Gasteiger partial charge in [0.25, 0.3) is 0 Å². The van der Waals surface area contributed by atoms with Crippen LogP contribution in [-0.4, -0.2) is 93.3 Å². The molecule has 1 aromatic carbocycles. The van der Waals surface area contributed by atoms with Gasteiger partial charge in [0.05, 0.1) is 22.5 Å². The number of hydrogen-bond acceptors (Lipinski definition) is 9. The zero-order valence-corrected chi connectivity index (χ0v) is 23.6. The number of carbonyl (C=O) groups is 1. The molecule has 0 saturated carbocycles. The Bertz CT molecular complexity index is 1620. The molecule has 4 aromatic rings. The maximum atomic E-state index is 14.6. The number of anilines is 1. The summed E-state index contributed by atoms with van der Waals surface area (Å²) < 4.78 is 27.3. The van der Waals surface area contributed by atoms with Gasteiger partial charge in [-0.3, -0.25) is 9.89 Å². The van der Waals surface area contributed by atoms with E-state index in [2.05, 4.69) is 45.5 Å². The molecule has 0 radical (unpaired) electrons. The van der Waals surface area contributed by atoms with E-state index in [9.17, 15) is 9.18 Å². The fourth-order valence-corrected chi connectivity index (χ4v) is 5.74. The summed E-state index contributed by atoms with van der Waals surface area (Å²) in [6, 6.07) is 3.27. The summed E-state index contributed by atoms with van der Waals surface area (Å²) in [4.78, 5) is 32.3. The number of halogens is 2. The third-order valence-corrected chi connectivity index (χ3v) is 8.10. The van der Waals surface area contributed by atoms with Crippen molar-refractivity contribution in [1.29, 1.82) is 0 Å². The highest BCUT2D eigenvalue weighted by molar-refractivity contribution is 6.33. The Morgan fingerprint density at radius 1 is 1.24 bits per heavy atom. The number of piperazine rings is 1. The molecular formula is C28H30ClFN8O3. The van der Waals surface area contributed by atoms with Gasteiger partial charge in [0.1, 0.15) is 28.3 Å². The number of nitrogens with zero attached hydrogens (tertiary/aromatic N) is 7. The van der Waals surface area contributed by atoms with E-state index < -0.39 is 5.82 Å². The average Bonchev–Trinajstić information content (AvgIpc) is 3.60. The lowest BCUT2D eigenvalue weighted by Gasteiger charge is -2.35. The molecule has 13 heteroatoms. The van der Waals surface area contributed by atoms with Crippen LogP contribution in [0, 0.1) is 11.7 Å². The van der Waals surface area contributed by atoms with Gasteiger partial charge >= 0.3 is 6.01 Å². The molecule has 214 valence electrons. The Morgan fingerprint density at radius 3 is 2.80 bits per heavy atom. The van der Waals surface area contributed by atoms with Crippen LogP contribution in [0.4, 0.5) is 10.2 Å². The number of aromatic nitrogens is 5. The van der Waals surface area contributed by atoms with Crippen molar-refractivity contribution in [3.8, 4) is 17.6 Å². The number of likely N-dealkylation sites (tertiary alicyclic amines) is 1. The van der Waals surface area contributed by atoms with Crippen LogP contribution in [0.2, 0.25) is 5.02 Å². The SMILES string of the molecule is C=CC(=O)N1CCN(c2nc(O[C@@H]3CN(C)CC3CC)nc3c(Oc4c(Cl)c(F)cc5[nH]ncc45)nccc23)CC1. The third-order valence-electron chi connectivity index (χ3n) is 7.74. The van der Waals surface area contributed by atoms with Gasteiger partial charge in [-0.05, 0) is 25.6 Å². The lowest BCUT2D eigenvalue weighted by atomic mass is 10.0. The Balaban J connectivity index is 1.43. The van der Waals surface area contributed by atoms with Crippen LogP contribution in [0.25, 0.3) is 21.8 Å². The van der Waals surface area contributed by atoms with Crippen molar-refractivity contribution in [3.63, 3.8) is 0 Å². The van der Waals surface area contributed by atoms with Crippen molar-refractivity contribution < 1.29 is 18.7 Å². The topological polar surface area (TPSA) is 113 Å². The fraction of sp³-hybridized carbons (Fsp3) is 0.393. The quantitative estimate of drug-likeness (QED) is 0.324. The van der Waals surface area contributed by atoms with Gasteiger partial charge in [-0.2, -0.15) is 15.1 Å². The minimum atomic E-state index is -0.652. The lowest BCUT2D eigenvalue weighted by Crippen LogP contribution is -2.48. The van der Waals surface area contributed by atoms with Crippen LogP contribution in [0.15, 0.2) is 37.2 Å². The number of carbonyl (C=O) groups excluding carboxylic acids is 1. The molecule has 2 aliphatic heterocycles. The highest BCUT2D eigenvalue weighted by Gasteiger charge is 2.33. The van der Waals surface area contributed by atoms with E-state index in [0.717, 1.165) is 19.5 Å².